The molecule has 1 atom stereocenters. The Morgan fingerprint density at radius 1 is 1.30 bits per heavy atom. The first kappa shape index (κ1) is 15.6. The highest BCUT2D eigenvalue weighted by atomic mass is 15.3. The molecular weight excluding hydrogens is 246 g/mol. The fraction of sp³-hybridized carbons (Fsp3) is 0.824. The number of likely N-dealkylation sites (N-methyl/N-ethyl adjacent to an activating group) is 1. The van der Waals surface area contributed by atoms with Crippen LogP contribution in [-0.4, -0.2) is 22.4 Å². The van der Waals surface area contributed by atoms with Gasteiger partial charge in [0.1, 0.15) is 0 Å². The van der Waals surface area contributed by atoms with Crippen molar-refractivity contribution in [3.05, 3.63) is 18.0 Å². The lowest BCUT2D eigenvalue weighted by Crippen LogP contribution is -2.39. The van der Waals surface area contributed by atoms with Crippen LogP contribution in [-0.2, 0) is 6.42 Å². The molecule has 114 valence electrons. The summed E-state index contributed by atoms with van der Waals surface area (Å²) in [5.41, 5.74) is 1.24. The monoisotopic (exact) mass is 277 g/mol. The zero-order valence-corrected chi connectivity index (χ0v) is 13.6. The van der Waals surface area contributed by atoms with Crippen molar-refractivity contribution in [2.75, 3.05) is 6.54 Å². The van der Waals surface area contributed by atoms with Gasteiger partial charge in [-0.25, -0.2) is 0 Å². The minimum Gasteiger partial charge on any atom is -0.314 e. The van der Waals surface area contributed by atoms with Gasteiger partial charge in [-0.2, -0.15) is 5.10 Å². The number of hydrogen-bond donors (Lipinski definition) is 1. The van der Waals surface area contributed by atoms with E-state index < -0.39 is 0 Å². The van der Waals surface area contributed by atoms with E-state index in [1.165, 1.54) is 31.4 Å². The van der Waals surface area contributed by atoms with Gasteiger partial charge in [0.2, 0.25) is 0 Å². The molecular formula is C17H31N3. The Bertz CT molecular complexity index is 389. The van der Waals surface area contributed by atoms with Crippen LogP contribution in [0.15, 0.2) is 12.3 Å². The van der Waals surface area contributed by atoms with Crippen molar-refractivity contribution >= 4 is 0 Å². The molecule has 0 radical (unpaired) electrons. The number of nitrogens with one attached hydrogen (secondary N) is 1. The highest BCUT2D eigenvalue weighted by Crippen LogP contribution is 2.31. The molecule has 20 heavy (non-hydrogen) atoms. The van der Waals surface area contributed by atoms with Gasteiger partial charge in [0.15, 0.2) is 0 Å². The Labute approximate surface area is 124 Å². The second-order valence-corrected chi connectivity index (χ2v) is 6.77. The molecule has 1 heterocycles. The molecule has 0 spiro atoms. The maximum atomic E-state index is 4.72. The molecule has 3 nitrogen and oxygen atoms in total. The first-order chi connectivity index (χ1) is 9.60. The van der Waals surface area contributed by atoms with E-state index in [1.54, 1.807) is 0 Å². The highest BCUT2D eigenvalue weighted by Gasteiger charge is 2.26. The molecule has 2 rings (SSSR count). The Hall–Kier alpha value is -0.830. The number of nitrogens with zero attached hydrogens (tertiary/aromatic N) is 2. The van der Waals surface area contributed by atoms with Crippen LogP contribution in [0.3, 0.4) is 0 Å². The smallest absolute Gasteiger partial charge is 0.0640 e. The van der Waals surface area contributed by atoms with E-state index in [1.807, 2.05) is 0 Å². The molecule has 1 saturated carbocycles. The first-order valence-corrected chi connectivity index (χ1v) is 8.37. The lowest BCUT2D eigenvalue weighted by molar-refractivity contribution is 0.229. The predicted octanol–water partition coefficient (Wildman–Crippen LogP) is 3.81. The fourth-order valence-electron chi connectivity index (χ4n) is 3.36. The second kappa shape index (κ2) is 7.26. The summed E-state index contributed by atoms with van der Waals surface area (Å²) in [7, 11) is 0. The normalized spacial score (nSPS) is 25.1. The summed E-state index contributed by atoms with van der Waals surface area (Å²) in [5, 5.41) is 8.42. The lowest BCUT2D eigenvalue weighted by Gasteiger charge is -2.33. The summed E-state index contributed by atoms with van der Waals surface area (Å²) in [4.78, 5) is 0. The summed E-state index contributed by atoms with van der Waals surface area (Å²) >= 11 is 0. The first-order valence-electron chi connectivity index (χ1n) is 8.37. The van der Waals surface area contributed by atoms with Crippen LogP contribution in [0.5, 0.6) is 0 Å². The van der Waals surface area contributed by atoms with Crippen molar-refractivity contribution in [1.82, 2.24) is 15.1 Å². The third-order valence-electron chi connectivity index (χ3n) is 4.72. The SMILES string of the molecule is CCNC(Cc1ccn(C(C)C)n1)C1CCC(C)CC1. The second-order valence-electron chi connectivity index (χ2n) is 6.77. The molecule has 1 unspecified atom stereocenters. The van der Waals surface area contributed by atoms with E-state index in [0.717, 1.165) is 24.8 Å². The molecule has 1 N–H and O–H groups in total. The third kappa shape index (κ3) is 4.08. The predicted molar refractivity (Wildman–Crippen MR) is 84.9 cm³/mol. The van der Waals surface area contributed by atoms with Gasteiger partial charge in [-0.15, -0.1) is 0 Å². The van der Waals surface area contributed by atoms with Crippen molar-refractivity contribution < 1.29 is 0 Å². The Kier molecular flexibility index (Phi) is 5.64. The molecule has 0 amide bonds. The van der Waals surface area contributed by atoms with Gasteiger partial charge in [0, 0.05) is 24.7 Å². The molecule has 1 aromatic heterocycles. The van der Waals surface area contributed by atoms with Gasteiger partial charge in [0.25, 0.3) is 0 Å². The molecule has 0 bridgehead atoms. The summed E-state index contributed by atoms with van der Waals surface area (Å²) in [6.45, 7) is 10.0. The van der Waals surface area contributed by atoms with Crippen molar-refractivity contribution in [2.45, 2.75) is 71.9 Å². The quantitative estimate of drug-likeness (QED) is 0.857. The van der Waals surface area contributed by atoms with Crippen LogP contribution in [0.1, 0.15) is 65.1 Å². The van der Waals surface area contributed by atoms with Gasteiger partial charge >= 0.3 is 0 Å². The van der Waals surface area contributed by atoms with E-state index >= 15 is 0 Å². The van der Waals surface area contributed by atoms with E-state index in [0.29, 0.717) is 12.1 Å². The maximum absolute atomic E-state index is 4.72. The van der Waals surface area contributed by atoms with Gasteiger partial charge in [0.05, 0.1) is 5.69 Å². The topological polar surface area (TPSA) is 29.9 Å². The summed E-state index contributed by atoms with van der Waals surface area (Å²) < 4.78 is 2.07. The Morgan fingerprint density at radius 3 is 2.55 bits per heavy atom. The molecule has 1 aliphatic rings. The van der Waals surface area contributed by atoms with E-state index in [-0.39, 0.29) is 0 Å². The van der Waals surface area contributed by atoms with E-state index in [9.17, 15) is 0 Å². The average Bonchev–Trinajstić information content (AvgIpc) is 2.88. The number of rotatable bonds is 6. The lowest BCUT2D eigenvalue weighted by atomic mass is 9.78. The Balaban J connectivity index is 1.97. The van der Waals surface area contributed by atoms with Gasteiger partial charge < -0.3 is 5.32 Å². The van der Waals surface area contributed by atoms with Crippen LogP contribution in [0.4, 0.5) is 0 Å². The van der Waals surface area contributed by atoms with Crippen molar-refractivity contribution in [3.63, 3.8) is 0 Å². The molecule has 0 aromatic carbocycles. The van der Waals surface area contributed by atoms with E-state index in [2.05, 4.69) is 50.0 Å². The van der Waals surface area contributed by atoms with Gasteiger partial charge in [-0.05, 0) is 51.1 Å². The zero-order chi connectivity index (χ0) is 14.5. The zero-order valence-electron chi connectivity index (χ0n) is 13.6. The Morgan fingerprint density at radius 2 is 2.00 bits per heavy atom. The molecule has 0 aliphatic heterocycles. The molecule has 1 fully saturated rings. The standard InChI is InChI=1S/C17H31N3/c1-5-18-17(15-8-6-14(4)7-9-15)12-16-10-11-20(19-16)13(2)3/h10-11,13-15,17-18H,5-9,12H2,1-4H3. The molecule has 1 aromatic rings. The van der Waals surface area contributed by atoms with Crippen molar-refractivity contribution in [2.24, 2.45) is 11.8 Å². The summed E-state index contributed by atoms with van der Waals surface area (Å²) in [6, 6.07) is 3.25. The number of aromatic nitrogens is 2. The van der Waals surface area contributed by atoms with Crippen LogP contribution in [0.25, 0.3) is 0 Å². The number of hydrogen-bond acceptors (Lipinski definition) is 2. The van der Waals surface area contributed by atoms with Crippen molar-refractivity contribution in [3.8, 4) is 0 Å². The third-order valence-corrected chi connectivity index (χ3v) is 4.72. The van der Waals surface area contributed by atoms with Gasteiger partial charge in [-0.1, -0.05) is 26.7 Å². The molecule has 0 saturated heterocycles. The van der Waals surface area contributed by atoms with Gasteiger partial charge in [-0.3, -0.25) is 4.68 Å². The van der Waals surface area contributed by atoms with Crippen molar-refractivity contribution in [1.29, 1.82) is 0 Å². The van der Waals surface area contributed by atoms with Crippen LogP contribution < -0.4 is 5.32 Å². The summed E-state index contributed by atoms with van der Waals surface area (Å²) in [5.74, 6) is 1.75. The van der Waals surface area contributed by atoms with Crippen LogP contribution in [0.2, 0.25) is 0 Å². The molecule has 1 aliphatic carbocycles. The maximum Gasteiger partial charge on any atom is 0.0640 e. The fourth-order valence-corrected chi connectivity index (χ4v) is 3.36. The van der Waals surface area contributed by atoms with Crippen LogP contribution >= 0.6 is 0 Å². The van der Waals surface area contributed by atoms with Crippen LogP contribution in [0, 0.1) is 11.8 Å². The largest absolute Gasteiger partial charge is 0.314 e. The summed E-state index contributed by atoms with van der Waals surface area (Å²) in [6.07, 6.45) is 8.74. The highest BCUT2D eigenvalue weighted by molar-refractivity contribution is 5.03. The minimum absolute atomic E-state index is 0.455. The average molecular weight is 277 g/mol. The minimum atomic E-state index is 0.455. The van der Waals surface area contributed by atoms with E-state index in [4.69, 9.17) is 5.10 Å². The molecule has 3 heteroatoms.